The number of benzene rings is 3. The highest BCUT2D eigenvalue weighted by atomic mass is 16.5. The van der Waals surface area contributed by atoms with Gasteiger partial charge in [0, 0.05) is 17.5 Å². The summed E-state index contributed by atoms with van der Waals surface area (Å²) in [6.45, 7) is 4.04. The van der Waals surface area contributed by atoms with Crippen molar-refractivity contribution < 1.29 is 4.74 Å². The zero-order valence-corrected chi connectivity index (χ0v) is 17.1. The van der Waals surface area contributed by atoms with E-state index < -0.39 is 0 Å². The molecule has 31 heavy (non-hydrogen) atoms. The molecule has 6 heteroatoms. The molecule has 2 aromatic heterocycles. The lowest BCUT2D eigenvalue weighted by Crippen LogP contribution is -2.26. The minimum Gasteiger partial charge on any atom is -0.491 e. The number of aryl methyl sites for hydroxylation is 1. The van der Waals surface area contributed by atoms with Crippen molar-refractivity contribution in [3.8, 4) is 16.9 Å². The average Bonchev–Trinajstić information content (AvgIpc) is 3.16. The van der Waals surface area contributed by atoms with E-state index >= 15 is 0 Å². The van der Waals surface area contributed by atoms with Crippen LogP contribution in [0.4, 0.5) is 5.82 Å². The monoisotopic (exact) mass is 406 g/mol. The van der Waals surface area contributed by atoms with Crippen molar-refractivity contribution >= 4 is 27.8 Å². The van der Waals surface area contributed by atoms with E-state index in [2.05, 4.69) is 62.6 Å². The number of aromatic amines is 1. The number of nitrogens with zero attached hydrogens (tertiary/aromatic N) is 4. The largest absolute Gasteiger partial charge is 0.491 e. The third kappa shape index (κ3) is 3.17. The van der Waals surface area contributed by atoms with Gasteiger partial charge in [-0.2, -0.15) is 0 Å². The Morgan fingerprint density at radius 1 is 0.968 bits per heavy atom. The molecule has 0 unspecified atom stereocenters. The average molecular weight is 406 g/mol. The van der Waals surface area contributed by atoms with Crippen LogP contribution in [0.3, 0.4) is 0 Å². The molecule has 6 nitrogen and oxygen atoms in total. The van der Waals surface area contributed by atoms with Gasteiger partial charge in [0.1, 0.15) is 24.0 Å². The fourth-order valence-electron chi connectivity index (χ4n) is 4.23. The quantitative estimate of drug-likeness (QED) is 0.461. The Morgan fingerprint density at radius 3 is 2.81 bits per heavy atom. The Balaban J connectivity index is 1.41. The van der Waals surface area contributed by atoms with E-state index in [4.69, 9.17) is 9.72 Å². The van der Waals surface area contributed by atoms with E-state index in [-0.39, 0.29) is 0 Å². The van der Waals surface area contributed by atoms with Gasteiger partial charge in [-0.15, -0.1) is 0 Å². The van der Waals surface area contributed by atoms with Crippen molar-refractivity contribution in [3.63, 3.8) is 0 Å². The van der Waals surface area contributed by atoms with Gasteiger partial charge in [-0.3, -0.25) is 0 Å². The third-order valence-corrected chi connectivity index (χ3v) is 5.73. The second-order valence-corrected chi connectivity index (χ2v) is 7.78. The van der Waals surface area contributed by atoms with Crippen LogP contribution < -0.4 is 9.64 Å². The molecule has 0 bridgehead atoms. The molecule has 0 spiro atoms. The highest BCUT2D eigenvalue weighted by molar-refractivity contribution is 5.89. The van der Waals surface area contributed by atoms with Crippen LogP contribution in [-0.2, 0) is 6.54 Å². The lowest BCUT2D eigenvalue weighted by molar-refractivity contribution is 0.331. The van der Waals surface area contributed by atoms with Gasteiger partial charge in [-0.05, 0) is 54.4 Å². The Labute approximate surface area is 179 Å². The molecular weight excluding hydrogens is 386 g/mol. The Hall–Kier alpha value is -3.93. The fourth-order valence-corrected chi connectivity index (χ4v) is 4.23. The van der Waals surface area contributed by atoms with Crippen LogP contribution in [0, 0.1) is 13.3 Å². The first-order valence-corrected chi connectivity index (χ1v) is 10.3. The van der Waals surface area contributed by atoms with Crippen LogP contribution in [0.15, 0.2) is 60.7 Å². The smallest absolute Gasteiger partial charge is 0.174 e. The summed E-state index contributed by atoms with van der Waals surface area (Å²) in [5.74, 6) is 2.66. The molecule has 0 fully saturated rings. The van der Waals surface area contributed by atoms with E-state index in [0.29, 0.717) is 6.61 Å². The van der Waals surface area contributed by atoms with Crippen LogP contribution in [-0.4, -0.2) is 33.1 Å². The van der Waals surface area contributed by atoms with Crippen molar-refractivity contribution in [2.75, 3.05) is 18.1 Å². The zero-order chi connectivity index (χ0) is 20.8. The van der Waals surface area contributed by atoms with Crippen molar-refractivity contribution in [1.29, 1.82) is 0 Å². The minimum absolute atomic E-state index is 0.611. The molecule has 6 rings (SSSR count). The lowest BCUT2D eigenvalue weighted by Gasteiger charge is -2.23. The Morgan fingerprint density at radius 2 is 1.84 bits per heavy atom. The van der Waals surface area contributed by atoms with Crippen LogP contribution >= 0.6 is 0 Å². The summed E-state index contributed by atoms with van der Waals surface area (Å²) >= 11 is 0. The molecule has 0 saturated carbocycles. The number of fused-ring (bicyclic) bond motifs is 3. The molecule has 1 aliphatic heterocycles. The number of aromatic nitrogens is 4. The van der Waals surface area contributed by atoms with Crippen molar-refractivity contribution in [2.24, 2.45) is 0 Å². The predicted octanol–water partition coefficient (Wildman–Crippen LogP) is 4.68. The topological polar surface area (TPSA) is 66.9 Å². The summed E-state index contributed by atoms with van der Waals surface area (Å²) in [4.78, 5) is 18.9. The van der Waals surface area contributed by atoms with E-state index in [1.165, 1.54) is 0 Å². The molecule has 0 atom stereocenters. The number of ether oxygens (including phenoxy) is 1. The molecule has 0 aliphatic carbocycles. The second kappa shape index (κ2) is 7.09. The molecule has 1 radical (unpaired) electrons. The maximum absolute atomic E-state index is 6.08. The molecule has 0 amide bonds. The number of para-hydroxylation sites is 1. The van der Waals surface area contributed by atoms with Crippen LogP contribution in [0.2, 0.25) is 0 Å². The first-order valence-electron chi connectivity index (χ1n) is 10.3. The van der Waals surface area contributed by atoms with Gasteiger partial charge in [-0.25, -0.2) is 15.0 Å². The van der Waals surface area contributed by atoms with Crippen molar-refractivity contribution in [2.45, 2.75) is 13.5 Å². The maximum Gasteiger partial charge on any atom is 0.174 e. The molecule has 1 N–H and O–H groups in total. The molecule has 5 aromatic rings. The SMILES string of the molecule is Cc1nc(N2CCOc3ccc(-c4ccc5n[c][nH]c5c4)cc3C2)c2ccccc2n1. The first-order chi connectivity index (χ1) is 15.2. The zero-order valence-electron chi connectivity index (χ0n) is 17.1. The standard InChI is InChI=1S/C25H20N5O/c1-16-28-21-5-3-2-4-20(21)25(29-16)30-10-11-31-24-9-7-17(12-19(24)14-30)18-6-8-22-23(13-18)27-15-26-22/h2-9,12-13H,10-11,14H2,1H3,(H,26,27). The summed E-state index contributed by atoms with van der Waals surface area (Å²) in [6.07, 6.45) is 2.80. The summed E-state index contributed by atoms with van der Waals surface area (Å²) in [5, 5.41) is 1.06. The van der Waals surface area contributed by atoms with Gasteiger partial charge in [-0.1, -0.05) is 24.3 Å². The van der Waals surface area contributed by atoms with Gasteiger partial charge < -0.3 is 14.6 Å². The van der Waals surface area contributed by atoms with Gasteiger partial charge in [0.25, 0.3) is 0 Å². The maximum atomic E-state index is 6.08. The number of imidazole rings is 1. The van der Waals surface area contributed by atoms with Gasteiger partial charge in [0.15, 0.2) is 6.33 Å². The normalized spacial score (nSPS) is 13.8. The number of rotatable bonds is 2. The minimum atomic E-state index is 0.611. The van der Waals surface area contributed by atoms with Gasteiger partial charge in [0.05, 0.1) is 23.1 Å². The van der Waals surface area contributed by atoms with Crippen molar-refractivity contribution in [1.82, 2.24) is 19.9 Å². The molecule has 151 valence electrons. The molecule has 3 aromatic carbocycles. The summed E-state index contributed by atoms with van der Waals surface area (Å²) < 4.78 is 6.08. The number of nitrogens with one attached hydrogen (secondary N) is 1. The molecule has 0 saturated heterocycles. The van der Waals surface area contributed by atoms with E-state index in [0.717, 1.165) is 69.1 Å². The van der Waals surface area contributed by atoms with Gasteiger partial charge >= 0.3 is 0 Å². The molecular formula is C25H20N5O. The van der Waals surface area contributed by atoms with Gasteiger partial charge in [0.2, 0.25) is 0 Å². The predicted molar refractivity (Wildman–Crippen MR) is 121 cm³/mol. The summed E-state index contributed by atoms with van der Waals surface area (Å²) in [6, 6.07) is 20.8. The number of hydrogen-bond acceptors (Lipinski definition) is 5. The first kappa shape index (κ1) is 17.9. The summed E-state index contributed by atoms with van der Waals surface area (Å²) in [7, 11) is 0. The van der Waals surface area contributed by atoms with Crippen LogP contribution in [0.5, 0.6) is 5.75 Å². The molecule has 3 heterocycles. The van der Waals surface area contributed by atoms with Crippen LogP contribution in [0.1, 0.15) is 11.4 Å². The Bertz CT molecular complexity index is 1420. The lowest BCUT2D eigenvalue weighted by atomic mass is 10.0. The third-order valence-electron chi connectivity index (χ3n) is 5.73. The summed E-state index contributed by atoms with van der Waals surface area (Å²) in [5.41, 5.74) is 6.28. The number of H-pyrrole nitrogens is 1. The van der Waals surface area contributed by atoms with E-state index in [1.54, 1.807) is 0 Å². The highest BCUT2D eigenvalue weighted by Crippen LogP contribution is 2.33. The fraction of sp³-hybridized carbons (Fsp3) is 0.160. The van der Waals surface area contributed by atoms with Crippen LogP contribution in [0.25, 0.3) is 33.1 Å². The van der Waals surface area contributed by atoms with E-state index in [9.17, 15) is 0 Å². The van der Waals surface area contributed by atoms with E-state index in [1.807, 2.05) is 31.2 Å². The number of hydrogen-bond donors (Lipinski definition) is 1. The number of anilines is 1. The molecule has 1 aliphatic rings. The Kier molecular flexibility index (Phi) is 4.09. The second-order valence-electron chi connectivity index (χ2n) is 7.78. The van der Waals surface area contributed by atoms with Crippen molar-refractivity contribution in [3.05, 3.63) is 78.4 Å². The highest BCUT2D eigenvalue weighted by Gasteiger charge is 2.20.